The first kappa shape index (κ1) is 28.8. The summed E-state index contributed by atoms with van der Waals surface area (Å²) in [5.41, 5.74) is 4.24. The number of benzene rings is 2. The molecule has 0 bridgehead atoms. The Hall–Kier alpha value is -2.81. The van der Waals surface area contributed by atoms with Crippen LogP contribution in [-0.2, 0) is 0 Å². The van der Waals surface area contributed by atoms with Gasteiger partial charge in [-0.05, 0) is 75.5 Å². The number of hydrogen-bond acceptors (Lipinski definition) is 7. The highest BCUT2D eigenvalue weighted by Crippen LogP contribution is 2.32. The molecular formula is C29H43N3O5. The van der Waals surface area contributed by atoms with E-state index in [0.717, 1.165) is 38.2 Å². The highest BCUT2D eigenvalue weighted by Gasteiger charge is 2.29. The van der Waals surface area contributed by atoms with Crippen molar-refractivity contribution in [2.75, 3.05) is 60.7 Å². The third-order valence-electron chi connectivity index (χ3n) is 7.37. The van der Waals surface area contributed by atoms with Gasteiger partial charge in [-0.3, -0.25) is 9.69 Å². The van der Waals surface area contributed by atoms with E-state index in [9.17, 15) is 4.79 Å². The third-order valence-corrected chi connectivity index (χ3v) is 7.37. The molecule has 8 nitrogen and oxygen atoms in total. The predicted octanol–water partition coefficient (Wildman–Crippen LogP) is 3.58. The van der Waals surface area contributed by atoms with Gasteiger partial charge in [-0.25, -0.2) is 0 Å². The van der Waals surface area contributed by atoms with Gasteiger partial charge >= 0.3 is 0 Å². The van der Waals surface area contributed by atoms with Crippen LogP contribution in [0.15, 0.2) is 30.3 Å². The second-order valence-electron chi connectivity index (χ2n) is 9.86. The topological polar surface area (TPSA) is 83.5 Å². The standard InChI is InChI=1S/C29H43N3O5/c1-20-21(2)28(37-15-7-11-31(4)13-14-33)9-8-27(20)22(3)32-12-10-24(19-32)30-29(34)23-16-25(35-5)18-26(17-23)36-6/h8-9,16-18,22,24,33H,7,10-15,19H2,1-6H3,(H,30,34)/t22?,24-/m1/s1. The fourth-order valence-electron chi connectivity index (χ4n) is 4.89. The molecule has 1 unspecified atom stereocenters. The fourth-order valence-corrected chi connectivity index (χ4v) is 4.89. The van der Waals surface area contributed by atoms with E-state index in [4.69, 9.17) is 19.3 Å². The summed E-state index contributed by atoms with van der Waals surface area (Å²) in [5.74, 6) is 2.00. The molecule has 0 spiro atoms. The maximum absolute atomic E-state index is 12.9. The number of likely N-dealkylation sites (tertiary alicyclic amines) is 1. The zero-order valence-electron chi connectivity index (χ0n) is 23.2. The lowest BCUT2D eigenvalue weighted by Gasteiger charge is -2.27. The van der Waals surface area contributed by atoms with Gasteiger partial charge in [-0.15, -0.1) is 0 Å². The zero-order chi connectivity index (χ0) is 26.9. The summed E-state index contributed by atoms with van der Waals surface area (Å²) in [4.78, 5) is 17.5. The number of likely N-dealkylation sites (N-methyl/N-ethyl adjacent to an activating group) is 1. The van der Waals surface area contributed by atoms with Crippen LogP contribution in [-0.4, -0.2) is 87.5 Å². The minimum Gasteiger partial charge on any atom is -0.497 e. The highest BCUT2D eigenvalue weighted by molar-refractivity contribution is 5.95. The molecule has 1 saturated heterocycles. The molecule has 2 atom stereocenters. The Bertz CT molecular complexity index is 1020. The third kappa shape index (κ3) is 7.60. The first-order chi connectivity index (χ1) is 17.8. The van der Waals surface area contributed by atoms with Crippen LogP contribution in [0.4, 0.5) is 0 Å². The van der Waals surface area contributed by atoms with Crippen LogP contribution in [0.5, 0.6) is 17.2 Å². The number of carbonyl (C=O) groups is 1. The van der Waals surface area contributed by atoms with E-state index in [1.807, 2.05) is 7.05 Å². The molecule has 0 aromatic heterocycles. The molecule has 204 valence electrons. The van der Waals surface area contributed by atoms with Gasteiger partial charge in [0.25, 0.3) is 5.91 Å². The van der Waals surface area contributed by atoms with Crippen LogP contribution < -0.4 is 19.5 Å². The van der Waals surface area contributed by atoms with E-state index < -0.39 is 0 Å². The van der Waals surface area contributed by atoms with Gasteiger partial charge in [-0.1, -0.05) is 6.07 Å². The Morgan fingerprint density at radius 2 is 1.84 bits per heavy atom. The van der Waals surface area contributed by atoms with Crippen molar-refractivity contribution in [2.45, 2.75) is 45.7 Å². The van der Waals surface area contributed by atoms with Crippen molar-refractivity contribution in [3.05, 3.63) is 52.6 Å². The van der Waals surface area contributed by atoms with Crippen molar-refractivity contribution >= 4 is 5.91 Å². The van der Waals surface area contributed by atoms with E-state index in [2.05, 4.69) is 48.0 Å². The number of aliphatic hydroxyl groups is 1. The Kier molecular flexibility index (Phi) is 10.6. The average molecular weight is 514 g/mol. The molecule has 1 aliphatic heterocycles. The Morgan fingerprint density at radius 3 is 2.49 bits per heavy atom. The number of nitrogens with one attached hydrogen (secondary N) is 1. The van der Waals surface area contributed by atoms with Crippen molar-refractivity contribution < 1.29 is 24.1 Å². The van der Waals surface area contributed by atoms with Gasteiger partial charge in [0.2, 0.25) is 0 Å². The summed E-state index contributed by atoms with van der Waals surface area (Å²) in [6.07, 6.45) is 1.82. The second-order valence-corrected chi connectivity index (χ2v) is 9.86. The molecule has 1 aliphatic rings. The maximum atomic E-state index is 12.9. The van der Waals surface area contributed by atoms with Crippen molar-refractivity contribution in [2.24, 2.45) is 0 Å². The van der Waals surface area contributed by atoms with Crippen molar-refractivity contribution in [1.82, 2.24) is 15.1 Å². The van der Waals surface area contributed by atoms with E-state index >= 15 is 0 Å². The van der Waals surface area contributed by atoms with Crippen LogP contribution in [0.1, 0.15) is 52.9 Å². The Labute approximate surface area is 221 Å². The number of nitrogens with zero attached hydrogens (tertiary/aromatic N) is 2. The molecule has 0 aliphatic carbocycles. The zero-order valence-corrected chi connectivity index (χ0v) is 23.2. The number of amides is 1. The lowest BCUT2D eigenvalue weighted by atomic mass is 9.97. The van der Waals surface area contributed by atoms with Crippen LogP contribution in [0.2, 0.25) is 0 Å². The summed E-state index contributed by atoms with van der Waals surface area (Å²) < 4.78 is 16.7. The Morgan fingerprint density at radius 1 is 1.14 bits per heavy atom. The molecule has 0 radical (unpaired) electrons. The quantitative estimate of drug-likeness (QED) is 0.396. The van der Waals surface area contributed by atoms with Gasteiger partial charge in [0.05, 0.1) is 27.4 Å². The van der Waals surface area contributed by atoms with Gasteiger partial charge < -0.3 is 29.5 Å². The normalized spacial score (nSPS) is 16.6. The summed E-state index contributed by atoms with van der Waals surface area (Å²) in [5, 5.41) is 12.2. The fraction of sp³-hybridized carbons (Fsp3) is 0.552. The largest absolute Gasteiger partial charge is 0.497 e. The van der Waals surface area contributed by atoms with Crippen LogP contribution in [0.25, 0.3) is 0 Å². The predicted molar refractivity (Wildman–Crippen MR) is 146 cm³/mol. The van der Waals surface area contributed by atoms with Gasteiger partial charge in [-0.2, -0.15) is 0 Å². The van der Waals surface area contributed by atoms with Gasteiger partial charge in [0.1, 0.15) is 17.2 Å². The number of methoxy groups -OCH3 is 2. The minimum atomic E-state index is -0.118. The lowest BCUT2D eigenvalue weighted by molar-refractivity contribution is 0.0935. The lowest BCUT2D eigenvalue weighted by Crippen LogP contribution is -2.37. The molecule has 2 N–H and O–H groups in total. The van der Waals surface area contributed by atoms with Crippen LogP contribution in [0.3, 0.4) is 0 Å². The smallest absolute Gasteiger partial charge is 0.251 e. The maximum Gasteiger partial charge on any atom is 0.251 e. The summed E-state index contributed by atoms with van der Waals surface area (Å²) in [6, 6.07) is 9.80. The van der Waals surface area contributed by atoms with E-state index in [0.29, 0.717) is 30.2 Å². The first-order valence-electron chi connectivity index (χ1n) is 13.1. The van der Waals surface area contributed by atoms with Crippen molar-refractivity contribution in [3.63, 3.8) is 0 Å². The highest BCUT2D eigenvalue weighted by atomic mass is 16.5. The number of rotatable bonds is 13. The average Bonchev–Trinajstić information content (AvgIpc) is 3.36. The van der Waals surface area contributed by atoms with E-state index in [1.54, 1.807) is 32.4 Å². The molecule has 1 fully saturated rings. The first-order valence-corrected chi connectivity index (χ1v) is 13.1. The molecule has 8 heteroatoms. The van der Waals surface area contributed by atoms with Gasteiger partial charge in [0, 0.05) is 49.9 Å². The SMILES string of the molecule is COc1cc(OC)cc(C(=O)N[C@@H]2CCN(C(C)c3ccc(OCCCN(C)CCO)c(C)c3C)C2)c1. The number of aliphatic hydroxyl groups excluding tert-OH is 1. The number of carbonyl (C=O) groups excluding carboxylic acids is 1. The van der Waals surface area contributed by atoms with Gasteiger partial charge in [0.15, 0.2) is 0 Å². The van der Waals surface area contributed by atoms with E-state index in [1.165, 1.54) is 16.7 Å². The monoisotopic (exact) mass is 513 g/mol. The summed E-state index contributed by atoms with van der Waals surface area (Å²) >= 11 is 0. The molecule has 3 rings (SSSR count). The minimum absolute atomic E-state index is 0.0834. The summed E-state index contributed by atoms with van der Waals surface area (Å²) in [6.45, 7) is 10.6. The molecule has 2 aromatic carbocycles. The van der Waals surface area contributed by atoms with Crippen molar-refractivity contribution in [3.8, 4) is 17.2 Å². The summed E-state index contributed by atoms with van der Waals surface area (Å²) in [7, 11) is 5.16. The van der Waals surface area contributed by atoms with Crippen LogP contribution in [0, 0.1) is 13.8 Å². The molecule has 1 heterocycles. The molecule has 2 aromatic rings. The number of ether oxygens (including phenoxy) is 3. The van der Waals surface area contributed by atoms with Crippen molar-refractivity contribution in [1.29, 1.82) is 0 Å². The second kappa shape index (κ2) is 13.7. The molecule has 0 saturated carbocycles. The molecule has 37 heavy (non-hydrogen) atoms. The van der Waals surface area contributed by atoms with Crippen LogP contribution >= 0.6 is 0 Å². The molecular weight excluding hydrogens is 470 g/mol. The van der Waals surface area contributed by atoms with E-state index in [-0.39, 0.29) is 24.6 Å². The molecule has 1 amide bonds. The number of hydrogen-bond donors (Lipinski definition) is 2. The Balaban J connectivity index is 1.57.